The molecule has 0 spiro atoms. The molecule has 9 heavy (non-hydrogen) atoms. The summed E-state index contributed by atoms with van der Waals surface area (Å²) in [5.41, 5.74) is 0. The van der Waals surface area contributed by atoms with Crippen molar-refractivity contribution in [1.29, 1.82) is 0 Å². The van der Waals surface area contributed by atoms with Crippen molar-refractivity contribution in [2.45, 2.75) is 13.0 Å². The molecule has 0 fully saturated rings. The number of oxazole rings is 1. The maximum atomic E-state index is 8.88. The lowest BCUT2D eigenvalue weighted by Crippen LogP contribution is -1.85. The Morgan fingerprint density at radius 3 is 2.78 bits per heavy atom. The fourth-order valence-corrected chi connectivity index (χ4v) is 0.747. The van der Waals surface area contributed by atoms with Crippen LogP contribution in [0, 0.1) is 0 Å². The summed E-state index contributed by atoms with van der Waals surface area (Å²) < 4.78 is 4.90. The van der Waals surface area contributed by atoms with Gasteiger partial charge in [-0.3, -0.25) is 0 Å². The van der Waals surface area contributed by atoms with Crippen LogP contribution in [-0.2, 0) is 0 Å². The first-order chi connectivity index (χ1) is 4.20. The third-order valence-corrected chi connectivity index (χ3v) is 1.27. The minimum atomic E-state index is -0.580. The molecule has 0 aliphatic carbocycles. The molecule has 4 heteroatoms. The highest BCUT2D eigenvalue weighted by Crippen LogP contribution is 2.15. The Morgan fingerprint density at radius 2 is 2.56 bits per heavy atom. The Labute approximate surface area is 60.8 Å². The van der Waals surface area contributed by atoms with Gasteiger partial charge >= 0.3 is 0 Å². The number of aromatic nitrogens is 1. The zero-order valence-corrected chi connectivity index (χ0v) is 6.42. The van der Waals surface area contributed by atoms with Crippen LogP contribution in [0.4, 0.5) is 0 Å². The molecule has 50 valence electrons. The van der Waals surface area contributed by atoms with Gasteiger partial charge in [-0.15, -0.1) is 0 Å². The molecule has 1 rings (SSSR count). The van der Waals surface area contributed by atoms with Gasteiger partial charge in [-0.1, -0.05) is 0 Å². The highest BCUT2D eigenvalue weighted by Gasteiger charge is 2.05. The van der Waals surface area contributed by atoms with Crippen molar-refractivity contribution >= 4 is 15.9 Å². The lowest BCUT2D eigenvalue weighted by atomic mass is 10.3. The molecule has 0 aromatic carbocycles. The van der Waals surface area contributed by atoms with Crippen molar-refractivity contribution in [2.24, 2.45) is 0 Å². The fraction of sp³-hybridized carbons (Fsp3) is 0.400. The van der Waals surface area contributed by atoms with E-state index in [4.69, 9.17) is 9.52 Å². The Morgan fingerprint density at radius 1 is 1.89 bits per heavy atom. The van der Waals surface area contributed by atoms with E-state index >= 15 is 0 Å². The maximum Gasteiger partial charge on any atom is 0.264 e. The van der Waals surface area contributed by atoms with Crippen LogP contribution in [0.5, 0.6) is 0 Å². The molecule has 1 N–H and O–H groups in total. The van der Waals surface area contributed by atoms with E-state index in [1.54, 1.807) is 6.92 Å². The van der Waals surface area contributed by atoms with Crippen LogP contribution in [-0.4, -0.2) is 10.1 Å². The van der Waals surface area contributed by atoms with Crippen molar-refractivity contribution in [3.05, 3.63) is 16.8 Å². The molecule has 1 aromatic heterocycles. The van der Waals surface area contributed by atoms with Gasteiger partial charge in [0.2, 0.25) is 0 Å². The SMILES string of the molecule is CC(O)c1cnc(Br)o1. The highest BCUT2D eigenvalue weighted by atomic mass is 79.9. The summed E-state index contributed by atoms with van der Waals surface area (Å²) in [5.74, 6) is 0.474. The van der Waals surface area contributed by atoms with E-state index in [1.807, 2.05) is 0 Å². The average molecular weight is 192 g/mol. The zero-order valence-electron chi connectivity index (χ0n) is 4.84. The zero-order chi connectivity index (χ0) is 6.85. The topological polar surface area (TPSA) is 46.3 Å². The maximum absolute atomic E-state index is 8.88. The molecule has 1 unspecified atom stereocenters. The van der Waals surface area contributed by atoms with Crippen LogP contribution in [0.3, 0.4) is 0 Å². The number of hydrogen-bond acceptors (Lipinski definition) is 3. The quantitative estimate of drug-likeness (QED) is 0.732. The van der Waals surface area contributed by atoms with Crippen LogP contribution >= 0.6 is 15.9 Å². The Balaban J connectivity index is 2.85. The van der Waals surface area contributed by atoms with E-state index < -0.39 is 6.10 Å². The second-order valence-corrected chi connectivity index (χ2v) is 2.37. The molecular weight excluding hydrogens is 186 g/mol. The van der Waals surface area contributed by atoms with E-state index in [-0.39, 0.29) is 0 Å². The van der Waals surface area contributed by atoms with Crippen LogP contribution < -0.4 is 0 Å². The molecule has 3 nitrogen and oxygen atoms in total. The van der Waals surface area contributed by atoms with Crippen LogP contribution in [0.25, 0.3) is 0 Å². The van der Waals surface area contributed by atoms with Gasteiger partial charge in [0.1, 0.15) is 6.10 Å². The normalized spacial score (nSPS) is 13.7. The van der Waals surface area contributed by atoms with Crippen LogP contribution in [0.1, 0.15) is 18.8 Å². The molecular formula is C5H6BrNO2. The van der Waals surface area contributed by atoms with E-state index in [9.17, 15) is 0 Å². The Bertz CT molecular complexity index is 197. The van der Waals surface area contributed by atoms with Crippen molar-refractivity contribution in [2.75, 3.05) is 0 Å². The van der Waals surface area contributed by atoms with E-state index in [2.05, 4.69) is 20.9 Å². The minimum absolute atomic E-state index is 0.401. The van der Waals surface area contributed by atoms with Crippen LogP contribution in [0.2, 0.25) is 0 Å². The summed E-state index contributed by atoms with van der Waals surface area (Å²) in [6.07, 6.45) is 0.901. The molecule has 0 saturated carbocycles. The standard InChI is InChI=1S/C5H6BrNO2/c1-3(8)4-2-7-5(6)9-4/h2-3,8H,1H3. The number of nitrogens with zero attached hydrogens (tertiary/aromatic N) is 1. The molecule has 0 saturated heterocycles. The molecule has 0 amide bonds. The van der Waals surface area contributed by atoms with Gasteiger partial charge in [-0.2, -0.15) is 0 Å². The lowest BCUT2D eigenvalue weighted by Gasteiger charge is -1.93. The van der Waals surface area contributed by atoms with Crippen LogP contribution in [0.15, 0.2) is 15.4 Å². The predicted molar refractivity (Wildman–Crippen MR) is 34.8 cm³/mol. The van der Waals surface area contributed by atoms with E-state index in [0.717, 1.165) is 0 Å². The second kappa shape index (κ2) is 2.49. The van der Waals surface area contributed by atoms with Gasteiger partial charge in [0.15, 0.2) is 5.76 Å². The Kier molecular flexibility index (Phi) is 1.87. The van der Waals surface area contributed by atoms with Gasteiger partial charge in [-0.25, -0.2) is 4.98 Å². The fourth-order valence-electron chi connectivity index (χ4n) is 0.457. The monoisotopic (exact) mass is 191 g/mol. The first kappa shape index (κ1) is 6.77. The molecule has 0 radical (unpaired) electrons. The number of halogens is 1. The van der Waals surface area contributed by atoms with Gasteiger partial charge in [0, 0.05) is 15.9 Å². The summed E-state index contributed by atoms with van der Waals surface area (Å²) in [7, 11) is 0. The third-order valence-electron chi connectivity index (χ3n) is 0.907. The van der Waals surface area contributed by atoms with Gasteiger partial charge in [-0.05, 0) is 6.92 Å². The summed E-state index contributed by atoms with van der Waals surface area (Å²) in [5, 5.41) is 8.88. The largest absolute Gasteiger partial charge is 0.433 e. The van der Waals surface area contributed by atoms with Crippen molar-refractivity contribution in [3.8, 4) is 0 Å². The number of aliphatic hydroxyl groups excluding tert-OH is 1. The highest BCUT2D eigenvalue weighted by molar-refractivity contribution is 9.10. The Hall–Kier alpha value is -0.350. The molecule has 0 bridgehead atoms. The summed E-state index contributed by atoms with van der Waals surface area (Å²) >= 11 is 3.01. The summed E-state index contributed by atoms with van der Waals surface area (Å²) in [4.78, 5) is 4.13. The first-order valence-corrected chi connectivity index (χ1v) is 3.28. The first-order valence-electron chi connectivity index (χ1n) is 2.49. The number of hydrogen-bond donors (Lipinski definition) is 1. The molecule has 1 aromatic rings. The molecule has 0 aliphatic rings. The predicted octanol–water partition coefficient (Wildman–Crippen LogP) is 1.49. The van der Waals surface area contributed by atoms with Gasteiger partial charge in [0.05, 0.1) is 6.20 Å². The smallest absolute Gasteiger partial charge is 0.264 e. The van der Waals surface area contributed by atoms with E-state index in [1.165, 1.54) is 6.20 Å². The number of aliphatic hydroxyl groups is 1. The third kappa shape index (κ3) is 1.53. The molecule has 1 heterocycles. The minimum Gasteiger partial charge on any atom is -0.433 e. The number of rotatable bonds is 1. The summed E-state index contributed by atoms with van der Waals surface area (Å²) in [6.45, 7) is 1.62. The van der Waals surface area contributed by atoms with Gasteiger partial charge in [0.25, 0.3) is 4.80 Å². The molecule has 1 atom stereocenters. The molecule has 0 aliphatic heterocycles. The van der Waals surface area contributed by atoms with Crippen molar-refractivity contribution in [1.82, 2.24) is 4.98 Å². The van der Waals surface area contributed by atoms with Gasteiger partial charge < -0.3 is 9.52 Å². The van der Waals surface area contributed by atoms with Crippen molar-refractivity contribution < 1.29 is 9.52 Å². The summed E-state index contributed by atoms with van der Waals surface area (Å²) in [6, 6.07) is 0. The van der Waals surface area contributed by atoms with Crippen molar-refractivity contribution in [3.63, 3.8) is 0 Å². The second-order valence-electron chi connectivity index (χ2n) is 1.69. The lowest BCUT2D eigenvalue weighted by molar-refractivity contribution is 0.168. The average Bonchev–Trinajstić information content (AvgIpc) is 2.14. The van der Waals surface area contributed by atoms with E-state index in [0.29, 0.717) is 10.6 Å².